The molecule has 1 rings (SSSR count). The van der Waals surface area contributed by atoms with Crippen molar-refractivity contribution in [2.24, 2.45) is 5.11 Å². The molecule has 0 amide bonds. The second kappa shape index (κ2) is 6.67. The van der Waals surface area contributed by atoms with Crippen LogP contribution in [0.3, 0.4) is 0 Å². The summed E-state index contributed by atoms with van der Waals surface area (Å²) in [4.78, 5) is 7.54. The van der Waals surface area contributed by atoms with Crippen LogP contribution in [0.15, 0.2) is 5.11 Å². The van der Waals surface area contributed by atoms with E-state index in [1.54, 1.807) is 0 Å². The third-order valence-corrected chi connectivity index (χ3v) is 3.01. The van der Waals surface area contributed by atoms with Crippen molar-refractivity contribution in [2.75, 3.05) is 40.3 Å². The molecule has 15 heavy (non-hydrogen) atoms. The summed E-state index contributed by atoms with van der Waals surface area (Å²) in [6.07, 6.45) is 3.56. The second-order valence-corrected chi connectivity index (χ2v) is 4.37. The van der Waals surface area contributed by atoms with Gasteiger partial charge in [-0.2, -0.15) is 0 Å². The van der Waals surface area contributed by atoms with Gasteiger partial charge in [-0.3, -0.25) is 0 Å². The quantitative estimate of drug-likeness (QED) is 0.301. The van der Waals surface area contributed by atoms with Crippen molar-refractivity contribution >= 4 is 0 Å². The Morgan fingerprint density at radius 3 is 3.00 bits per heavy atom. The summed E-state index contributed by atoms with van der Waals surface area (Å²) >= 11 is 0. The van der Waals surface area contributed by atoms with Crippen molar-refractivity contribution in [3.05, 3.63) is 10.4 Å². The highest BCUT2D eigenvalue weighted by Gasteiger charge is 2.20. The fraction of sp³-hybridized carbons (Fsp3) is 1.00. The van der Waals surface area contributed by atoms with E-state index in [1.807, 2.05) is 0 Å². The molecular weight excluding hydrogens is 190 g/mol. The first-order valence-corrected chi connectivity index (χ1v) is 5.63. The van der Waals surface area contributed by atoms with Crippen molar-refractivity contribution in [3.8, 4) is 0 Å². The summed E-state index contributed by atoms with van der Waals surface area (Å²) in [5, 5.41) is 3.55. The minimum Gasteiger partial charge on any atom is -0.305 e. The predicted molar refractivity (Wildman–Crippen MR) is 61.8 cm³/mol. The highest BCUT2D eigenvalue weighted by molar-refractivity contribution is 4.77. The lowest BCUT2D eigenvalue weighted by Gasteiger charge is -2.36. The van der Waals surface area contributed by atoms with Gasteiger partial charge in [0.05, 0.1) is 0 Å². The summed E-state index contributed by atoms with van der Waals surface area (Å²) in [5.41, 5.74) is 8.16. The molecule has 0 radical (unpaired) electrons. The van der Waals surface area contributed by atoms with Crippen LogP contribution in [-0.4, -0.2) is 56.1 Å². The third kappa shape index (κ3) is 4.51. The molecule has 1 unspecified atom stereocenters. The number of piperidine rings is 1. The third-order valence-electron chi connectivity index (χ3n) is 3.01. The van der Waals surface area contributed by atoms with Crippen molar-refractivity contribution < 1.29 is 0 Å². The number of hydrogen-bond acceptors (Lipinski definition) is 3. The number of nitrogens with zero attached hydrogens (tertiary/aromatic N) is 5. The molecule has 0 spiro atoms. The van der Waals surface area contributed by atoms with Gasteiger partial charge in [0.2, 0.25) is 0 Å². The Morgan fingerprint density at radius 2 is 2.33 bits per heavy atom. The summed E-state index contributed by atoms with van der Waals surface area (Å²) in [6, 6.07) is 0.693. The van der Waals surface area contributed by atoms with Gasteiger partial charge in [0.15, 0.2) is 0 Å². The Balaban J connectivity index is 2.21. The van der Waals surface area contributed by atoms with Gasteiger partial charge in [0.1, 0.15) is 0 Å². The van der Waals surface area contributed by atoms with Crippen LogP contribution in [0.5, 0.6) is 0 Å². The monoisotopic (exact) mass is 211 g/mol. The highest BCUT2D eigenvalue weighted by atomic mass is 15.2. The molecule has 1 heterocycles. The van der Waals surface area contributed by atoms with Crippen molar-refractivity contribution in [3.63, 3.8) is 0 Å². The molecule has 0 aliphatic carbocycles. The fourth-order valence-corrected chi connectivity index (χ4v) is 2.07. The maximum absolute atomic E-state index is 8.16. The minimum atomic E-state index is 0.625. The maximum atomic E-state index is 8.16. The second-order valence-electron chi connectivity index (χ2n) is 4.37. The molecule has 86 valence electrons. The molecule has 0 saturated carbocycles. The average molecular weight is 211 g/mol. The van der Waals surface area contributed by atoms with Crippen molar-refractivity contribution in [1.29, 1.82) is 0 Å². The Labute approximate surface area is 91.7 Å². The normalized spacial score (nSPS) is 22.7. The van der Waals surface area contributed by atoms with Gasteiger partial charge in [-0.05, 0) is 52.0 Å². The highest BCUT2D eigenvalue weighted by Crippen LogP contribution is 2.13. The molecular formula is C10H21N5. The first-order valence-electron chi connectivity index (χ1n) is 5.63. The van der Waals surface area contributed by atoms with Gasteiger partial charge >= 0.3 is 0 Å². The van der Waals surface area contributed by atoms with Crippen LogP contribution in [0.1, 0.15) is 19.3 Å². The van der Waals surface area contributed by atoms with Gasteiger partial charge < -0.3 is 9.80 Å². The molecule has 1 fully saturated rings. The van der Waals surface area contributed by atoms with E-state index in [4.69, 9.17) is 5.53 Å². The summed E-state index contributed by atoms with van der Waals surface area (Å²) < 4.78 is 0. The molecule has 0 bridgehead atoms. The zero-order valence-corrected chi connectivity index (χ0v) is 9.76. The fourth-order valence-electron chi connectivity index (χ4n) is 2.07. The van der Waals surface area contributed by atoms with Crippen LogP contribution in [-0.2, 0) is 0 Å². The molecule has 0 aromatic carbocycles. The smallest absolute Gasteiger partial charge is 0.0270 e. The van der Waals surface area contributed by atoms with Crippen LogP contribution in [0.2, 0.25) is 0 Å². The lowest BCUT2D eigenvalue weighted by Crippen LogP contribution is -2.45. The van der Waals surface area contributed by atoms with Crippen LogP contribution in [0.4, 0.5) is 0 Å². The topological polar surface area (TPSA) is 55.2 Å². The number of likely N-dealkylation sites (tertiary alicyclic amines) is 1. The SMILES string of the molecule is CN(C)C1CCCN(CCCN=[N+]=[N-])C1. The minimum absolute atomic E-state index is 0.625. The number of likely N-dealkylation sites (N-methyl/N-ethyl adjacent to an activating group) is 1. The van der Waals surface area contributed by atoms with Gasteiger partial charge in [0, 0.05) is 24.0 Å². The summed E-state index contributed by atoms with van der Waals surface area (Å²) in [5.74, 6) is 0. The van der Waals surface area contributed by atoms with Gasteiger partial charge in [-0.25, -0.2) is 0 Å². The zero-order chi connectivity index (χ0) is 11.1. The molecule has 5 heteroatoms. The van der Waals surface area contributed by atoms with Gasteiger partial charge in [-0.1, -0.05) is 5.11 Å². The number of rotatable bonds is 5. The van der Waals surface area contributed by atoms with E-state index in [0.29, 0.717) is 12.6 Å². The van der Waals surface area contributed by atoms with E-state index in [2.05, 4.69) is 33.9 Å². The molecule has 0 N–H and O–H groups in total. The van der Waals surface area contributed by atoms with Gasteiger partial charge in [-0.15, -0.1) is 0 Å². The van der Waals surface area contributed by atoms with Crippen LogP contribution >= 0.6 is 0 Å². The molecule has 1 atom stereocenters. The van der Waals surface area contributed by atoms with E-state index >= 15 is 0 Å². The molecule has 1 saturated heterocycles. The Hall–Kier alpha value is -0.770. The number of azide groups is 1. The lowest BCUT2D eigenvalue weighted by atomic mass is 10.0. The van der Waals surface area contributed by atoms with E-state index in [0.717, 1.165) is 19.5 Å². The first-order chi connectivity index (χ1) is 7.24. The molecule has 0 aromatic rings. The van der Waals surface area contributed by atoms with Gasteiger partial charge in [0.25, 0.3) is 0 Å². The summed E-state index contributed by atoms with van der Waals surface area (Å²) in [6.45, 7) is 4.03. The first kappa shape index (κ1) is 12.3. The number of hydrogen-bond donors (Lipinski definition) is 0. The Morgan fingerprint density at radius 1 is 1.53 bits per heavy atom. The Bertz CT molecular complexity index is 222. The summed E-state index contributed by atoms with van der Waals surface area (Å²) in [7, 11) is 4.29. The largest absolute Gasteiger partial charge is 0.305 e. The van der Waals surface area contributed by atoms with E-state index in [1.165, 1.54) is 19.4 Å². The van der Waals surface area contributed by atoms with E-state index < -0.39 is 0 Å². The maximum Gasteiger partial charge on any atom is 0.0270 e. The Kier molecular flexibility index (Phi) is 5.47. The van der Waals surface area contributed by atoms with Crippen LogP contribution < -0.4 is 0 Å². The lowest BCUT2D eigenvalue weighted by molar-refractivity contribution is 0.133. The van der Waals surface area contributed by atoms with Crippen molar-refractivity contribution in [2.45, 2.75) is 25.3 Å². The van der Waals surface area contributed by atoms with E-state index in [-0.39, 0.29) is 0 Å². The zero-order valence-electron chi connectivity index (χ0n) is 9.76. The van der Waals surface area contributed by atoms with Crippen LogP contribution in [0.25, 0.3) is 10.4 Å². The van der Waals surface area contributed by atoms with Crippen LogP contribution in [0, 0.1) is 0 Å². The predicted octanol–water partition coefficient (Wildman–Crippen LogP) is 1.71. The average Bonchev–Trinajstić information content (AvgIpc) is 2.25. The molecule has 1 aliphatic rings. The molecule has 0 aromatic heterocycles. The molecule has 5 nitrogen and oxygen atoms in total. The van der Waals surface area contributed by atoms with Crippen molar-refractivity contribution in [1.82, 2.24) is 9.80 Å². The van der Waals surface area contributed by atoms with E-state index in [9.17, 15) is 0 Å². The molecule has 1 aliphatic heterocycles. The standard InChI is InChI=1S/C10H21N5/c1-14(2)10-5-3-7-15(9-10)8-4-6-12-13-11/h10H,3-9H2,1-2H3.